The van der Waals surface area contributed by atoms with Gasteiger partial charge in [0.1, 0.15) is 6.10 Å². The Balaban J connectivity index is 1.41. The lowest BCUT2D eigenvalue weighted by Gasteiger charge is -2.68. The molecule has 0 bridgehead atoms. The van der Waals surface area contributed by atoms with Gasteiger partial charge in [-0.15, -0.1) is 0 Å². The molecule has 0 aromatic heterocycles. The van der Waals surface area contributed by atoms with Gasteiger partial charge in [0, 0.05) is 57.8 Å². The summed E-state index contributed by atoms with van der Waals surface area (Å²) in [6.45, 7) is 13.6. The first kappa shape index (κ1) is 25.0. The Hall–Kier alpha value is -0.280. The van der Waals surface area contributed by atoms with Crippen molar-refractivity contribution in [1.82, 2.24) is 20.4 Å². The molecule has 2 heterocycles. The van der Waals surface area contributed by atoms with Crippen LogP contribution in [0, 0.1) is 40.4 Å². The number of aliphatic hydroxyl groups is 3. The van der Waals surface area contributed by atoms with Crippen molar-refractivity contribution in [2.75, 3.05) is 45.8 Å². The second-order valence-electron chi connectivity index (χ2n) is 13.7. The summed E-state index contributed by atoms with van der Waals surface area (Å²) in [5.74, 6) is -0.0847. The standard InChI is InChI=1S/C28H50N4O3/c1-18-20-7-6-19-21-5-4-9-26(21,2)10-8-22(19)27(20,3)24(25(33)28(18,34)35)32-16-13-30-17-23(32)31-14-11-29-12-15-31/h18-25,29-30,33-35H,4-17H2,1-3H3/t18?,19?,20-,21?,22?,23+,24?,25?,26-,27-/m0/s1. The first-order valence-electron chi connectivity index (χ1n) is 14.7. The fraction of sp³-hybridized carbons (Fsp3) is 1.00. The zero-order valence-electron chi connectivity index (χ0n) is 22.3. The Kier molecular flexibility index (Phi) is 6.36. The molecule has 6 aliphatic rings. The number of nitrogens with zero attached hydrogens (tertiary/aromatic N) is 2. The van der Waals surface area contributed by atoms with E-state index in [-0.39, 0.29) is 29.5 Å². The third-order valence-electron chi connectivity index (χ3n) is 12.5. The average Bonchev–Trinajstić information content (AvgIpc) is 3.26. The van der Waals surface area contributed by atoms with Crippen LogP contribution in [0.25, 0.3) is 0 Å². The molecule has 2 aliphatic heterocycles. The van der Waals surface area contributed by atoms with Gasteiger partial charge in [0.15, 0.2) is 5.79 Å². The van der Waals surface area contributed by atoms with Crippen molar-refractivity contribution in [3.8, 4) is 0 Å². The van der Waals surface area contributed by atoms with Crippen molar-refractivity contribution in [2.45, 2.75) is 89.8 Å². The van der Waals surface area contributed by atoms with Gasteiger partial charge in [0.25, 0.3) is 0 Å². The molecule has 0 amide bonds. The van der Waals surface area contributed by atoms with Crippen LogP contribution in [0.15, 0.2) is 0 Å². The molecule has 6 fully saturated rings. The summed E-state index contributed by atoms with van der Waals surface area (Å²) >= 11 is 0. The average molecular weight is 491 g/mol. The van der Waals surface area contributed by atoms with E-state index in [9.17, 15) is 15.3 Å². The molecule has 200 valence electrons. The Labute approximate surface area is 212 Å². The topological polar surface area (TPSA) is 91.2 Å². The van der Waals surface area contributed by atoms with Crippen molar-refractivity contribution >= 4 is 0 Å². The minimum absolute atomic E-state index is 0.121. The molecule has 10 atom stereocenters. The van der Waals surface area contributed by atoms with Crippen molar-refractivity contribution in [1.29, 1.82) is 0 Å². The molecule has 0 aromatic rings. The van der Waals surface area contributed by atoms with Crippen molar-refractivity contribution < 1.29 is 15.3 Å². The van der Waals surface area contributed by atoms with Crippen LogP contribution < -0.4 is 10.6 Å². The molecule has 5 N–H and O–H groups in total. The Morgan fingerprint density at radius 3 is 2.34 bits per heavy atom. The molecular weight excluding hydrogens is 440 g/mol. The summed E-state index contributed by atoms with van der Waals surface area (Å²) in [6.07, 6.45) is 7.95. The van der Waals surface area contributed by atoms with E-state index >= 15 is 0 Å². The van der Waals surface area contributed by atoms with E-state index in [1.165, 1.54) is 38.5 Å². The van der Waals surface area contributed by atoms with Gasteiger partial charge < -0.3 is 26.0 Å². The van der Waals surface area contributed by atoms with Crippen LogP contribution in [-0.2, 0) is 0 Å². The van der Waals surface area contributed by atoms with Crippen molar-refractivity contribution in [3.63, 3.8) is 0 Å². The van der Waals surface area contributed by atoms with Gasteiger partial charge in [-0.25, -0.2) is 0 Å². The molecule has 4 saturated carbocycles. The van der Waals surface area contributed by atoms with E-state index in [1.54, 1.807) is 0 Å². The lowest BCUT2D eigenvalue weighted by atomic mass is 9.41. The molecule has 0 spiro atoms. The Morgan fingerprint density at radius 2 is 1.57 bits per heavy atom. The SMILES string of the molecule is CC1[C@@H]2CCC3C4CCC[C@@]4(C)CCC3[C@@]2(C)C(N2CCNC[C@@H]2N2CCNCC2)C(O)C1(O)O. The van der Waals surface area contributed by atoms with E-state index in [1.807, 2.05) is 6.92 Å². The van der Waals surface area contributed by atoms with E-state index in [2.05, 4.69) is 34.3 Å². The molecule has 7 heteroatoms. The minimum Gasteiger partial charge on any atom is -0.386 e. The van der Waals surface area contributed by atoms with E-state index in [0.29, 0.717) is 17.3 Å². The summed E-state index contributed by atoms with van der Waals surface area (Å²) in [6, 6.07) is -0.237. The van der Waals surface area contributed by atoms with Gasteiger partial charge in [0.2, 0.25) is 0 Å². The zero-order valence-corrected chi connectivity index (χ0v) is 22.3. The van der Waals surface area contributed by atoms with Crippen molar-refractivity contribution in [3.05, 3.63) is 0 Å². The Morgan fingerprint density at radius 1 is 0.829 bits per heavy atom. The highest BCUT2D eigenvalue weighted by molar-refractivity contribution is 5.17. The lowest BCUT2D eigenvalue weighted by Crippen LogP contribution is -2.78. The predicted molar refractivity (Wildman–Crippen MR) is 136 cm³/mol. The number of aliphatic hydroxyl groups excluding tert-OH is 1. The fourth-order valence-corrected chi connectivity index (χ4v) is 10.7. The molecule has 2 saturated heterocycles. The van der Waals surface area contributed by atoms with Gasteiger partial charge in [-0.1, -0.05) is 27.2 Å². The third-order valence-corrected chi connectivity index (χ3v) is 12.5. The number of hydrogen-bond acceptors (Lipinski definition) is 7. The molecule has 35 heavy (non-hydrogen) atoms. The zero-order chi connectivity index (χ0) is 24.6. The maximum Gasteiger partial charge on any atom is 0.193 e. The second-order valence-corrected chi connectivity index (χ2v) is 13.7. The molecular formula is C28H50N4O3. The maximum atomic E-state index is 11.9. The molecule has 7 nitrogen and oxygen atoms in total. The maximum absolute atomic E-state index is 11.9. The van der Waals surface area contributed by atoms with Crippen molar-refractivity contribution in [2.24, 2.45) is 40.4 Å². The smallest absolute Gasteiger partial charge is 0.193 e. The second kappa shape index (κ2) is 8.89. The van der Waals surface area contributed by atoms with Gasteiger partial charge in [-0.2, -0.15) is 0 Å². The fourth-order valence-electron chi connectivity index (χ4n) is 10.7. The van der Waals surface area contributed by atoms with Crippen LogP contribution in [0.1, 0.15) is 65.7 Å². The lowest BCUT2D eigenvalue weighted by molar-refractivity contribution is -0.339. The van der Waals surface area contributed by atoms with Gasteiger partial charge >= 0.3 is 0 Å². The summed E-state index contributed by atoms with van der Waals surface area (Å²) in [5.41, 5.74) is 0.374. The molecule has 6 unspecified atom stereocenters. The highest BCUT2D eigenvalue weighted by Gasteiger charge is 2.69. The van der Waals surface area contributed by atoms with Gasteiger partial charge in [0.05, 0.1) is 6.17 Å². The largest absolute Gasteiger partial charge is 0.386 e. The number of nitrogens with one attached hydrogen (secondary N) is 2. The summed E-state index contributed by atoms with van der Waals surface area (Å²) in [5, 5.41) is 41.7. The van der Waals surface area contributed by atoms with E-state index < -0.39 is 11.9 Å². The monoisotopic (exact) mass is 490 g/mol. The minimum atomic E-state index is -2.04. The highest BCUT2D eigenvalue weighted by atomic mass is 16.5. The molecule has 4 aliphatic carbocycles. The van der Waals surface area contributed by atoms with E-state index in [4.69, 9.17) is 0 Å². The van der Waals surface area contributed by atoms with Crippen LogP contribution in [0.2, 0.25) is 0 Å². The van der Waals surface area contributed by atoms with Gasteiger partial charge in [-0.05, 0) is 73.0 Å². The normalized spacial score (nSPS) is 53.0. The molecule has 0 radical (unpaired) electrons. The first-order chi connectivity index (χ1) is 16.7. The van der Waals surface area contributed by atoms with Crippen LogP contribution in [0.5, 0.6) is 0 Å². The number of hydrogen-bond donors (Lipinski definition) is 5. The van der Waals surface area contributed by atoms with Crippen LogP contribution in [0.3, 0.4) is 0 Å². The molecule has 0 aromatic carbocycles. The summed E-state index contributed by atoms with van der Waals surface area (Å²) in [7, 11) is 0. The quantitative estimate of drug-likeness (QED) is 0.374. The van der Waals surface area contributed by atoms with Crippen LogP contribution >= 0.6 is 0 Å². The predicted octanol–water partition coefficient (Wildman–Crippen LogP) is 1.43. The molecule has 6 rings (SSSR count). The summed E-state index contributed by atoms with van der Waals surface area (Å²) in [4.78, 5) is 5.08. The van der Waals surface area contributed by atoms with E-state index in [0.717, 1.165) is 58.2 Å². The summed E-state index contributed by atoms with van der Waals surface area (Å²) < 4.78 is 0. The highest BCUT2D eigenvalue weighted by Crippen LogP contribution is 2.68. The van der Waals surface area contributed by atoms with Gasteiger partial charge in [-0.3, -0.25) is 9.80 Å². The van der Waals surface area contributed by atoms with Crippen LogP contribution in [-0.4, -0.2) is 95.0 Å². The number of fused-ring (bicyclic) bond motifs is 5. The number of piperazine rings is 2. The third kappa shape index (κ3) is 3.63. The number of rotatable bonds is 2. The Bertz CT molecular complexity index is 790. The van der Waals surface area contributed by atoms with Crippen LogP contribution in [0.4, 0.5) is 0 Å². The first-order valence-corrected chi connectivity index (χ1v) is 14.7.